The lowest BCUT2D eigenvalue weighted by molar-refractivity contribution is 0.534. The van der Waals surface area contributed by atoms with Gasteiger partial charge < -0.3 is 5.32 Å². The maximum absolute atomic E-state index is 12.3. The van der Waals surface area contributed by atoms with Crippen molar-refractivity contribution in [3.05, 3.63) is 34.7 Å². The minimum absolute atomic E-state index is 0.433. The van der Waals surface area contributed by atoms with E-state index in [9.17, 15) is 8.42 Å². The molecule has 3 nitrogen and oxygen atoms in total. The molecule has 0 fully saturated rings. The Bertz CT molecular complexity index is 615. The van der Waals surface area contributed by atoms with Crippen LogP contribution in [0.1, 0.15) is 45.6 Å². The molecule has 1 N–H and O–H groups in total. The second-order valence-corrected chi connectivity index (χ2v) is 7.81. The van der Waals surface area contributed by atoms with Crippen molar-refractivity contribution in [1.29, 1.82) is 0 Å². The average Bonchev–Trinajstić information content (AvgIpc) is 2.59. The number of unbranched alkanes of at least 4 members (excludes halogenated alkanes) is 1. The van der Waals surface area contributed by atoms with Crippen molar-refractivity contribution in [2.24, 2.45) is 5.92 Å². The summed E-state index contributed by atoms with van der Waals surface area (Å²) in [4.78, 5) is 0.879. The van der Waals surface area contributed by atoms with Crippen LogP contribution in [0.4, 0.5) is 0 Å². The van der Waals surface area contributed by atoms with Crippen LogP contribution in [0.15, 0.2) is 34.1 Å². The van der Waals surface area contributed by atoms with E-state index >= 15 is 0 Å². The number of fused-ring (bicyclic) bond motifs is 1. The second-order valence-electron chi connectivity index (χ2n) is 5.75. The number of nitrogens with one attached hydrogen (secondary N) is 1. The molecule has 0 aromatic heterocycles. The first-order valence-electron chi connectivity index (χ1n) is 7.24. The number of sulfone groups is 1. The summed E-state index contributed by atoms with van der Waals surface area (Å²) in [6.07, 6.45) is 3.46. The van der Waals surface area contributed by atoms with Crippen molar-refractivity contribution in [1.82, 2.24) is 5.32 Å². The van der Waals surface area contributed by atoms with Gasteiger partial charge in [0.1, 0.15) is 0 Å². The Morgan fingerprint density at radius 1 is 1.15 bits per heavy atom. The summed E-state index contributed by atoms with van der Waals surface area (Å²) in [5.41, 5.74) is 1.60. The molecule has 1 heterocycles. The minimum Gasteiger partial charge on any atom is -0.384 e. The summed E-state index contributed by atoms with van der Waals surface area (Å²) >= 11 is 0. The van der Waals surface area contributed by atoms with E-state index in [1.54, 1.807) is 19.1 Å². The molecule has 0 bridgehead atoms. The molecule has 0 spiro atoms. The number of rotatable bonds is 6. The van der Waals surface area contributed by atoms with Crippen molar-refractivity contribution in [3.8, 4) is 0 Å². The Hall–Kier alpha value is -1.29. The number of hydrogen-bond acceptors (Lipinski definition) is 3. The molecule has 20 heavy (non-hydrogen) atoms. The van der Waals surface area contributed by atoms with Gasteiger partial charge in [0.05, 0.1) is 15.5 Å². The molecule has 0 aliphatic carbocycles. The lowest BCUT2D eigenvalue weighted by Crippen LogP contribution is -2.14. The van der Waals surface area contributed by atoms with Crippen molar-refractivity contribution in [2.45, 2.75) is 44.9 Å². The van der Waals surface area contributed by atoms with Crippen LogP contribution in [0.3, 0.4) is 0 Å². The third kappa shape index (κ3) is 2.90. The average molecular weight is 293 g/mol. The summed E-state index contributed by atoms with van der Waals surface area (Å²) in [6, 6.07) is 7.21. The van der Waals surface area contributed by atoms with Gasteiger partial charge in [-0.05, 0) is 25.3 Å². The molecule has 110 valence electrons. The molecule has 2 rings (SSSR count). The molecule has 4 heteroatoms. The molecule has 0 saturated heterocycles. The number of benzene rings is 1. The van der Waals surface area contributed by atoms with E-state index in [1.165, 1.54) is 12.8 Å². The molecule has 0 saturated carbocycles. The predicted octanol–water partition coefficient (Wildman–Crippen LogP) is 3.58. The second kappa shape index (κ2) is 6.00. The van der Waals surface area contributed by atoms with E-state index < -0.39 is 9.84 Å². The summed E-state index contributed by atoms with van der Waals surface area (Å²) in [5.74, 6) is 0.725. The van der Waals surface area contributed by atoms with E-state index in [4.69, 9.17) is 0 Å². The SMILES string of the molecule is CC1=C(NCCCCC(C)C)c2ccccc2S1(=O)=O. The van der Waals surface area contributed by atoms with Gasteiger partial charge >= 0.3 is 0 Å². The Morgan fingerprint density at radius 3 is 2.55 bits per heavy atom. The van der Waals surface area contributed by atoms with Crippen LogP contribution < -0.4 is 5.32 Å². The lowest BCUT2D eigenvalue weighted by Gasteiger charge is -2.10. The molecule has 0 amide bonds. The highest BCUT2D eigenvalue weighted by Gasteiger charge is 2.32. The van der Waals surface area contributed by atoms with Gasteiger partial charge in [0.25, 0.3) is 0 Å². The highest BCUT2D eigenvalue weighted by atomic mass is 32.2. The molecule has 1 aromatic carbocycles. The fourth-order valence-corrected chi connectivity index (χ4v) is 4.01. The summed E-state index contributed by atoms with van der Waals surface area (Å²) < 4.78 is 24.5. The normalized spacial score (nSPS) is 16.6. The maximum Gasteiger partial charge on any atom is 0.205 e. The highest BCUT2D eigenvalue weighted by molar-refractivity contribution is 7.95. The predicted molar refractivity (Wildman–Crippen MR) is 82.9 cm³/mol. The Morgan fingerprint density at radius 2 is 1.85 bits per heavy atom. The van der Waals surface area contributed by atoms with Gasteiger partial charge in [-0.15, -0.1) is 0 Å². The standard InChI is InChI=1S/C16H23NO2S/c1-12(2)8-6-7-11-17-16-13(3)20(18,19)15-10-5-4-9-14(15)16/h4-5,9-10,12,17H,6-8,11H2,1-3H3. The van der Waals surface area contributed by atoms with Gasteiger partial charge in [-0.2, -0.15) is 0 Å². The van der Waals surface area contributed by atoms with Gasteiger partial charge in [-0.25, -0.2) is 8.42 Å². The first-order chi connectivity index (χ1) is 9.44. The third-order valence-corrected chi connectivity index (χ3v) is 5.66. The Kier molecular flexibility index (Phi) is 4.53. The zero-order chi connectivity index (χ0) is 14.8. The van der Waals surface area contributed by atoms with Crippen LogP contribution in [0, 0.1) is 5.92 Å². The van der Waals surface area contributed by atoms with Crippen LogP contribution >= 0.6 is 0 Å². The van der Waals surface area contributed by atoms with E-state index in [-0.39, 0.29) is 0 Å². The van der Waals surface area contributed by atoms with Crippen LogP contribution in [0.5, 0.6) is 0 Å². The van der Waals surface area contributed by atoms with Crippen molar-refractivity contribution in [3.63, 3.8) is 0 Å². The largest absolute Gasteiger partial charge is 0.384 e. The molecule has 0 radical (unpaired) electrons. The van der Waals surface area contributed by atoms with Crippen molar-refractivity contribution < 1.29 is 8.42 Å². The molecule has 0 unspecified atom stereocenters. The van der Waals surface area contributed by atoms with Gasteiger partial charge in [0.2, 0.25) is 9.84 Å². The van der Waals surface area contributed by atoms with Crippen LogP contribution in [-0.4, -0.2) is 15.0 Å². The van der Waals surface area contributed by atoms with Crippen LogP contribution in [0.2, 0.25) is 0 Å². The van der Waals surface area contributed by atoms with Gasteiger partial charge in [-0.3, -0.25) is 0 Å². The third-order valence-electron chi connectivity index (χ3n) is 3.71. The summed E-state index contributed by atoms with van der Waals surface area (Å²) in [7, 11) is -3.27. The van der Waals surface area contributed by atoms with E-state index in [1.807, 2.05) is 12.1 Å². The Labute approximate surface area is 122 Å². The summed E-state index contributed by atoms with van der Waals surface area (Å²) in [5, 5.41) is 3.32. The quantitative estimate of drug-likeness (QED) is 0.815. The van der Waals surface area contributed by atoms with Gasteiger partial charge in [0.15, 0.2) is 0 Å². The van der Waals surface area contributed by atoms with Gasteiger partial charge in [0, 0.05) is 12.1 Å². The highest BCUT2D eigenvalue weighted by Crippen LogP contribution is 2.37. The topological polar surface area (TPSA) is 46.2 Å². The van der Waals surface area contributed by atoms with Crippen LogP contribution in [-0.2, 0) is 9.84 Å². The Balaban J connectivity index is 2.06. The first kappa shape index (κ1) is 15.1. The zero-order valence-corrected chi connectivity index (χ0v) is 13.3. The molecule has 1 aliphatic heterocycles. The molecular weight excluding hydrogens is 270 g/mol. The van der Waals surface area contributed by atoms with E-state index in [0.29, 0.717) is 9.80 Å². The molecule has 0 atom stereocenters. The monoisotopic (exact) mass is 293 g/mol. The molecular formula is C16H23NO2S. The van der Waals surface area contributed by atoms with E-state index in [2.05, 4.69) is 19.2 Å². The number of hydrogen-bond donors (Lipinski definition) is 1. The maximum atomic E-state index is 12.3. The first-order valence-corrected chi connectivity index (χ1v) is 8.72. The summed E-state index contributed by atoms with van der Waals surface area (Å²) in [6.45, 7) is 6.95. The van der Waals surface area contributed by atoms with Crippen molar-refractivity contribution >= 4 is 15.5 Å². The van der Waals surface area contributed by atoms with Crippen molar-refractivity contribution in [2.75, 3.05) is 6.54 Å². The molecule has 1 aromatic rings. The zero-order valence-electron chi connectivity index (χ0n) is 12.4. The number of allylic oxidation sites excluding steroid dienone is 1. The smallest absolute Gasteiger partial charge is 0.205 e. The fourth-order valence-electron chi connectivity index (χ4n) is 2.51. The van der Waals surface area contributed by atoms with Crippen LogP contribution in [0.25, 0.3) is 5.70 Å². The minimum atomic E-state index is -3.27. The molecule has 1 aliphatic rings. The fraction of sp³-hybridized carbons (Fsp3) is 0.500. The van der Waals surface area contributed by atoms with Gasteiger partial charge in [-0.1, -0.05) is 44.9 Å². The van der Waals surface area contributed by atoms with E-state index in [0.717, 1.165) is 30.1 Å². The lowest BCUT2D eigenvalue weighted by atomic mass is 10.1.